The van der Waals surface area contributed by atoms with Crippen molar-refractivity contribution in [2.75, 3.05) is 5.32 Å². The van der Waals surface area contributed by atoms with Crippen LogP contribution in [0.2, 0.25) is 0 Å². The predicted molar refractivity (Wildman–Crippen MR) is 66.1 cm³/mol. The Morgan fingerprint density at radius 1 is 1.53 bits per heavy atom. The monoisotopic (exact) mass is 232 g/mol. The lowest BCUT2D eigenvalue weighted by molar-refractivity contribution is 0.101. The topological polar surface area (TPSA) is 62.7 Å². The Labute approximate surface area is 99.8 Å². The highest BCUT2D eigenvalue weighted by molar-refractivity contribution is 6.03. The summed E-state index contributed by atoms with van der Waals surface area (Å²) < 4.78 is 1.93. The second-order valence-electron chi connectivity index (χ2n) is 4.28. The minimum Gasteiger partial charge on any atom is -0.341 e. The number of anilines is 1. The zero-order valence-corrected chi connectivity index (χ0v) is 10.2. The highest BCUT2D eigenvalue weighted by atomic mass is 16.2. The number of H-pyrrole nitrogens is 1. The van der Waals surface area contributed by atoms with E-state index in [0.29, 0.717) is 11.5 Å². The van der Waals surface area contributed by atoms with Gasteiger partial charge in [-0.3, -0.25) is 9.89 Å². The second kappa shape index (κ2) is 4.45. The van der Waals surface area contributed by atoms with Gasteiger partial charge in [-0.2, -0.15) is 5.10 Å². The van der Waals surface area contributed by atoms with Gasteiger partial charge in [0.1, 0.15) is 11.5 Å². The van der Waals surface area contributed by atoms with E-state index in [0.717, 1.165) is 5.56 Å². The van der Waals surface area contributed by atoms with Crippen molar-refractivity contribution in [2.45, 2.75) is 26.8 Å². The maximum atomic E-state index is 12.1. The summed E-state index contributed by atoms with van der Waals surface area (Å²) in [5, 5.41) is 9.43. The first-order valence-electron chi connectivity index (χ1n) is 5.57. The number of hydrogen-bond acceptors (Lipinski definition) is 2. The average molecular weight is 232 g/mol. The fraction of sp³-hybridized carbons (Fsp3) is 0.333. The van der Waals surface area contributed by atoms with Crippen LogP contribution in [-0.4, -0.2) is 20.7 Å². The molecule has 0 unspecified atom stereocenters. The molecule has 17 heavy (non-hydrogen) atoms. The maximum absolute atomic E-state index is 12.1. The van der Waals surface area contributed by atoms with Crippen LogP contribution < -0.4 is 5.32 Å². The quantitative estimate of drug-likeness (QED) is 0.853. The summed E-state index contributed by atoms with van der Waals surface area (Å²) in [5.41, 5.74) is 1.56. The first kappa shape index (κ1) is 11.4. The van der Waals surface area contributed by atoms with Crippen LogP contribution in [-0.2, 0) is 0 Å². The lowest BCUT2D eigenvalue weighted by Crippen LogP contribution is -2.18. The maximum Gasteiger partial charge on any atom is 0.273 e. The smallest absolute Gasteiger partial charge is 0.273 e. The molecule has 0 spiro atoms. The molecule has 2 aromatic heterocycles. The van der Waals surface area contributed by atoms with Gasteiger partial charge in [0.15, 0.2) is 0 Å². The SMILES string of the molecule is Cc1cn[nH]c1NC(=O)c1cccn1C(C)C. The minimum atomic E-state index is -0.129. The number of aryl methyl sites for hydroxylation is 1. The molecule has 2 N–H and O–H groups in total. The second-order valence-corrected chi connectivity index (χ2v) is 4.28. The van der Waals surface area contributed by atoms with Crippen LogP contribution in [0.3, 0.4) is 0 Å². The first-order chi connectivity index (χ1) is 8.09. The molecule has 0 bridgehead atoms. The summed E-state index contributed by atoms with van der Waals surface area (Å²) in [6.45, 7) is 5.97. The van der Waals surface area contributed by atoms with Gasteiger partial charge in [0.2, 0.25) is 0 Å². The molecule has 5 nitrogen and oxygen atoms in total. The van der Waals surface area contributed by atoms with Crippen molar-refractivity contribution in [3.05, 3.63) is 35.8 Å². The van der Waals surface area contributed by atoms with E-state index >= 15 is 0 Å². The molecule has 0 aliphatic rings. The summed E-state index contributed by atoms with van der Waals surface area (Å²) >= 11 is 0. The normalized spacial score (nSPS) is 10.8. The fourth-order valence-electron chi connectivity index (χ4n) is 1.69. The van der Waals surface area contributed by atoms with E-state index in [2.05, 4.69) is 15.5 Å². The van der Waals surface area contributed by atoms with Gasteiger partial charge in [0, 0.05) is 17.8 Å². The van der Waals surface area contributed by atoms with Crippen LogP contribution in [0.1, 0.15) is 35.9 Å². The molecule has 0 aliphatic carbocycles. The number of nitrogens with zero attached hydrogens (tertiary/aromatic N) is 2. The van der Waals surface area contributed by atoms with Gasteiger partial charge < -0.3 is 9.88 Å². The molecule has 1 amide bonds. The number of rotatable bonds is 3. The average Bonchev–Trinajstić information content (AvgIpc) is 2.87. The van der Waals surface area contributed by atoms with Crippen LogP contribution in [0.4, 0.5) is 5.82 Å². The molecule has 0 aromatic carbocycles. The van der Waals surface area contributed by atoms with E-state index in [9.17, 15) is 4.79 Å². The number of hydrogen-bond donors (Lipinski definition) is 2. The number of aromatic amines is 1. The van der Waals surface area contributed by atoms with Gasteiger partial charge in [0.05, 0.1) is 6.20 Å². The Hall–Kier alpha value is -2.04. The Morgan fingerprint density at radius 2 is 2.29 bits per heavy atom. The van der Waals surface area contributed by atoms with E-state index < -0.39 is 0 Å². The molecule has 0 radical (unpaired) electrons. The summed E-state index contributed by atoms with van der Waals surface area (Å²) in [4.78, 5) is 12.1. The molecule has 90 valence electrons. The van der Waals surface area contributed by atoms with Crippen LogP contribution in [0, 0.1) is 6.92 Å². The minimum absolute atomic E-state index is 0.129. The van der Waals surface area contributed by atoms with Crippen molar-refractivity contribution >= 4 is 11.7 Å². The van der Waals surface area contributed by atoms with E-state index in [-0.39, 0.29) is 11.9 Å². The Bertz CT molecular complexity index is 524. The largest absolute Gasteiger partial charge is 0.341 e. The van der Waals surface area contributed by atoms with Gasteiger partial charge in [-0.25, -0.2) is 0 Å². The van der Waals surface area contributed by atoms with Crippen molar-refractivity contribution in [3.8, 4) is 0 Å². The van der Waals surface area contributed by atoms with Crippen molar-refractivity contribution in [1.82, 2.24) is 14.8 Å². The number of carbonyl (C=O) groups excluding carboxylic acids is 1. The van der Waals surface area contributed by atoms with Crippen molar-refractivity contribution < 1.29 is 4.79 Å². The third kappa shape index (κ3) is 2.22. The molecule has 0 saturated heterocycles. The van der Waals surface area contributed by atoms with E-state index in [1.54, 1.807) is 12.3 Å². The lowest BCUT2D eigenvalue weighted by Gasteiger charge is -2.12. The van der Waals surface area contributed by atoms with Crippen molar-refractivity contribution in [3.63, 3.8) is 0 Å². The molecule has 0 fully saturated rings. The Morgan fingerprint density at radius 3 is 2.88 bits per heavy atom. The molecule has 0 atom stereocenters. The first-order valence-corrected chi connectivity index (χ1v) is 5.57. The Balaban J connectivity index is 2.21. The zero-order valence-electron chi connectivity index (χ0n) is 10.2. The van der Waals surface area contributed by atoms with Crippen LogP contribution in [0.25, 0.3) is 0 Å². The summed E-state index contributed by atoms with van der Waals surface area (Å²) in [5.74, 6) is 0.516. The summed E-state index contributed by atoms with van der Waals surface area (Å²) in [6.07, 6.45) is 3.58. The number of nitrogens with one attached hydrogen (secondary N) is 2. The van der Waals surface area contributed by atoms with E-state index in [1.165, 1.54) is 0 Å². The van der Waals surface area contributed by atoms with Crippen molar-refractivity contribution in [1.29, 1.82) is 0 Å². The van der Waals surface area contributed by atoms with Gasteiger partial charge in [0.25, 0.3) is 5.91 Å². The van der Waals surface area contributed by atoms with Gasteiger partial charge in [-0.1, -0.05) is 0 Å². The van der Waals surface area contributed by atoms with Crippen LogP contribution in [0.5, 0.6) is 0 Å². The summed E-state index contributed by atoms with van der Waals surface area (Å²) in [6, 6.07) is 3.93. The standard InChI is InChI=1S/C12H16N4O/c1-8(2)16-6-4-5-10(16)12(17)14-11-9(3)7-13-15-11/h4-8H,1-3H3,(H2,13,14,15,17). The molecule has 0 saturated carbocycles. The highest BCUT2D eigenvalue weighted by Gasteiger charge is 2.14. The third-order valence-electron chi connectivity index (χ3n) is 2.64. The number of aromatic nitrogens is 3. The number of amides is 1. The lowest BCUT2D eigenvalue weighted by atomic mass is 10.3. The third-order valence-corrected chi connectivity index (χ3v) is 2.64. The molecule has 2 heterocycles. The highest BCUT2D eigenvalue weighted by Crippen LogP contribution is 2.14. The predicted octanol–water partition coefficient (Wildman–Crippen LogP) is 2.35. The van der Waals surface area contributed by atoms with Crippen LogP contribution in [0.15, 0.2) is 24.5 Å². The van der Waals surface area contributed by atoms with E-state index in [4.69, 9.17) is 0 Å². The Kier molecular flexibility index (Phi) is 2.99. The molecule has 5 heteroatoms. The molecular weight excluding hydrogens is 216 g/mol. The van der Waals surface area contributed by atoms with E-state index in [1.807, 2.05) is 37.6 Å². The van der Waals surface area contributed by atoms with Gasteiger partial charge in [-0.15, -0.1) is 0 Å². The van der Waals surface area contributed by atoms with Crippen LogP contribution >= 0.6 is 0 Å². The zero-order chi connectivity index (χ0) is 12.4. The number of carbonyl (C=O) groups is 1. The molecule has 0 aliphatic heterocycles. The summed E-state index contributed by atoms with van der Waals surface area (Å²) in [7, 11) is 0. The molecule has 2 rings (SSSR count). The van der Waals surface area contributed by atoms with Gasteiger partial charge >= 0.3 is 0 Å². The molecule has 2 aromatic rings. The van der Waals surface area contributed by atoms with Crippen molar-refractivity contribution in [2.24, 2.45) is 0 Å². The fourth-order valence-corrected chi connectivity index (χ4v) is 1.69. The molecular formula is C12H16N4O. The van der Waals surface area contributed by atoms with Gasteiger partial charge in [-0.05, 0) is 32.9 Å².